The maximum atomic E-state index is 10.8. The molecule has 1 aliphatic rings. The van der Waals surface area contributed by atoms with E-state index in [9.17, 15) is 4.79 Å². The Balaban J connectivity index is 0. The Morgan fingerprint density at radius 1 is 1.20 bits per heavy atom. The normalized spacial score (nSPS) is 16.1. The van der Waals surface area contributed by atoms with Crippen LogP contribution >= 0.6 is 24.8 Å². The van der Waals surface area contributed by atoms with Crippen molar-refractivity contribution in [2.24, 2.45) is 5.73 Å². The molecular formula is C9H21Cl2N3O. The van der Waals surface area contributed by atoms with Gasteiger partial charge in [-0.25, -0.2) is 0 Å². The predicted molar refractivity (Wildman–Crippen MR) is 66.9 cm³/mol. The lowest BCUT2D eigenvalue weighted by atomic mass is 10.1. The Morgan fingerprint density at radius 3 is 2.33 bits per heavy atom. The third kappa shape index (κ3) is 7.85. The fourth-order valence-corrected chi connectivity index (χ4v) is 1.61. The molecule has 0 aliphatic carbocycles. The monoisotopic (exact) mass is 257 g/mol. The topological polar surface area (TPSA) is 58.4 Å². The van der Waals surface area contributed by atoms with Crippen molar-refractivity contribution < 1.29 is 4.79 Å². The van der Waals surface area contributed by atoms with Crippen molar-refractivity contribution in [2.75, 3.05) is 32.7 Å². The molecule has 0 spiro atoms. The van der Waals surface area contributed by atoms with Gasteiger partial charge in [0.15, 0.2) is 0 Å². The third-order valence-corrected chi connectivity index (χ3v) is 2.38. The summed E-state index contributed by atoms with van der Waals surface area (Å²) in [6, 6.07) is 0. The highest BCUT2D eigenvalue weighted by molar-refractivity contribution is 5.85. The molecule has 4 nitrogen and oxygen atoms in total. The smallest absolute Gasteiger partial charge is 0.233 e. The molecule has 0 aromatic carbocycles. The zero-order valence-electron chi connectivity index (χ0n) is 8.91. The molecule has 0 unspecified atom stereocenters. The number of carbonyl (C=O) groups excluding carboxylic acids is 1. The van der Waals surface area contributed by atoms with Gasteiger partial charge < -0.3 is 16.0 Å². The standard InChI is InChI=1S/C9H19N3O.2ClH/c10-8-9(13)11-4-7-12-5-2-1-3-6-12;;/h1-8,10H2,(H,11,13);2*1H. The number of carbonyl (C=O) groups is 1. The van der Waals surface area contributed by atoms with Gasteiger partial charge in [0.2, 0.25) is 5.91 Å². The van der Waals surface area contributed by atoms with Crippen LogP contribution in [0, 0.1) is 0 Å². The lowest BCUT2D eigenvalue weighted by molar-refractivity contribution is -0.119. The summed E-state index contributed by atoms with van der Waals surface area (Å²) in [6.45, 7) is 4.15. The first kappa shape index (κ1) is 17.4. The van der Waals surface area contributed by atoms with E-state index in [1.165, 1.54) is 32.4 Å². The Hall–Kier alpha value is -0.0300. The Morgan fingerprint density at radius 2 is 1.80 bits per heavy atom. The Kier molecular flexibility index (Phi) is 12.1. The second-order valence-corrected chi connectivity index (χ2v) is 3.46. The quantitative estimate of drug-likeness (QED) is 0.767. The number of halogens is 2. The molecule has 1 amide bonds. The number of hydrogen-bond acceptors (Lipinski definition) is 3. The van der Waals surface area contributed by atoms with Gasteiger partial charge >= 0.3 is 0 Å². The van der Waals surface area contributed by atoms with Crippen LogP contribution in [-0.2, 0) is 4.79 Å². The third-order valence-electron chi connectivity index (χ3n) is 2.38. The number of piperidine rings is 1. The molecule has 1 aliphatic heterocycles. The van der Waals surface area contributed by atoms with E-state index in [0.29, 0.717) is 0 Å². The molecule has 0 saturated carbocycles. The molecule has 0 bridgehead atoms. The van der Waals surface area contributed by atoms with Crippen LogP contribution in [0.25, 0.3) is 0 Å². The van der Waals surface area contributed by atoms with Gasteiger partial charge in [0.25, 0.3) is 0 Å². The summed E-state index contributed by atoms with van der Waals surface area (Å²) in [5.74, 6) is -0.0583. The summed E-state index contributed by atoms with van der Waals surface area (Å²) in [5.41, 5.74) is 5.17. The SMILES string of the molecule is Cl.Cl.NCC(=O)NCCN1CCCCC1. The van der Waals surface area contributed by atoms with E-state index in [1.807, 2.05) is 0 Å². The van der Waals surface area contributed by atoms with E-state index < -0.39 is 0 Å². The number of nitrogens with zero attached hydrogens (tertiary/aromatic N) is 1. The van der Waals surface area contributed by atoms with Crippen LogP contribution in [0.1, 0.15) is 19.3 Å². The summed E-state index contributed by atoms with van der Waals surface area (Å²) in [5, 5.41) is 2.77. The first-order valence-corrected chi connectivity index (χ1v) is 5.02. The zero-order valence-corrected chi connectivity index (χ0v) is 10.5. The number of likely N-dealkylation sites (tertiary alicyclic amines) is 1. The highest BCUT2D eigenvalue weighted by Gasteiger charge is 2.09. The number of amides is 1. The maximum Gasteiger partial charge on any atom is 0.233 e. The number of nitrogens with one attached hydrogen (secondary N) is 1. The van der Waals surface area contributed by atoms with Crippen LogP contribution in [0.2, 0.25) is 0 Å². The first-order valence-electron chi connectivity index (χ1n) is 5.02. The van der Waals surface area contributed by atoms with Gasteiger partial charge in [-0.15, -0.1) is 24.8 Å². The predicted octanol–water partition coefficient (Wildman–Crippen LogP) is 0.391. The molecule has 3 N–H and O–H groups in total. The molecule has 1 fully saturated rings. The fourth-order valence-electron chi connectivity index (χ4n) is 1.61. The van der Waals surface area contributed by atoms with E-state index in [-0.39, 0.29) is 37.3 Å². The maximum absolute atomic E-state index is 10.8. The largest absolute Gasteiger partial charge is 0.354 e. The van der Waals surface area contributed by atoms with Gasteiger partial charge in [0.1, 0.15) is 0 Å². The molecule has 0 atom stereocenters. The highest BCUT2D eigenvalue weighted by Crippen LogP contribution is 2.06. The summed E-state index contributed by atoms with van der Waals surface area (Å²) < 4.78 is 0. The molecule has 1 heterocycles. The second kappa shape index (κ2) is 10.5. The van der Waals surface area contributed by atoms with Crippen LogP contribution < -0.4 is 11.1 Å². The minimum absolute atomic E-state index is 0. The lowest BCUT2D eigenvalue weighted by Gasteiger charge is -2.26. The van der Waals surface area contributed by atoms with E-state index in [0.717, 1.165) is 13.1 Å². The molecule has 0 radical (unpaired) electrons. The van der Waals surface area contributed by atoms with Gasteiger partial charge in [-0.2, -0.15) is 0 Å². The second-order valence-electron chi connectivity index (χ2n) is 3.46. The van der Waals surface area contributed by atoms with Crippen molar-refractivity contribution in [3.63, 3.8) is 0 Å². The van der Waals surface area contributed by atoms with Crippen LogP contribution in [-0.4, -0.2) is 43.5 Å². The number of rotatable bonds is 4. The van der Waals surface area contributed by atoms with Gasteiger partial charge in [-0.3, -0.25) is 4.79 Å². The van der Waals surface area contributed by atoms with Crippen molar-refractivity contribution in [3.05, 3.63) is 0 Å². The van der Waals surface area contributed by atoms with Crippen LogP contribution in [0.4, 0.5) is 0 Å². The van der Waals surface area contributed by atoms with Gasteiger partial charge in [-0.1, -0.05) is 6.42 Å². The van der Waals surface area contributed by atoms with Crippen LogP contribution in [0.5, 0.6) is 0 Å². The fraction of sp³-hybridized carbons (Fsp3) is 0.889. The van der Waals surface area contributed by atoms with Crippen molar-refractivity contribution in [1.82, 2.24) is 10.2 Å². The summed E-state index contributed by atoms with van der Waals surface area (Å²) >= 11 is 0. The molecule has 6 heteroatoms. The van der Waals surface area contributed by atoms with Gasteiger partial charge in [0.05, 0.1) is 6.54 Å². The molecule has 15 heavy (non-hydrogen) atoms. The molecule has 1 rings (SSSR count). The van der Waals surface area contributed by atoms with E-state index in [2.05, 4.69) is 10.2 Å². The van der Waals surface area contributed by atoms with E-state index in [1.54, 1.807) is 0 Å². The van der Waals surface area contributed by atoms with Crippen molar-refractivity contribution in [1.29, 1.82) is 0 Å². The van der Waals surface area contributed by atoms with Crippen LogP contribution in [0.15, 0.2) is 0 Å². The summed E-state index contributed by atoms with van der Waals surface area (Å²) in [4.78, 5) is 13.2. The molecule has 0 aromatic rings. The summed E-state index contributed by atoms with van der Waals surface area (Å²) in [6.07, 6.45) is 3.95. The number of hydrogen-bond donors (Lipinski definition) is 2. The Labute approximate surface area is 104 Å². The van der Waals surface area contributed by atoms with Crippen LogP contribution in [0.3, 0.4) is 0 Å². The first-order chi connectivity index (χ1) is 6.33. The Bertz CT molecular complexity index is 163. The minimum Gasteiger partial charge on any atom is -0.354 e. The van der Waals surface area contributed by atoms with Crippen molar-refractivity contribution in [2.45, 2.75) is 19.3 Å². The minimum atomic E-state index is -0.0583. The molecule has 92 valence electrons. The van der Waals surface area contributed by atoms with Gasteiger partial charge in [-0.05, 0) is 25.9 Å². The van der Waals surface area contributed by atoms with Gasteiger partial charge in [0, 0.05) is 13.1 Å². The zero-order chi connectivity index (χ0) is 9.52. The molecule has 0 aromatic heterocycles. The lowest BCUT2D eigenvalue weighted by Crippen LogP contribution is -2.39. The molecular weight excluding hydrogens is 237 g/mol. The van der Waals surface area contributed by atoms with E-state index >= 15 is 0 Å². The highest BCUT2D eigenvalue weighted by atomic mass is 35.5. The average Bonchev–Trinajstić information content (AvgIpc) is 2.19. The van der Waals surface area contributed by atoms with E-state index in [4.69, 9.17) is 5.73 Å². The van der Waals surface area contributed by atoms with Crippen molar-refractivity contribution in [3.8, 4) is 0 Å². The van der Waals surface area contributed by atoms with Crippen molar-refractivity contribution >= 4 is 30.7 Å². The summed E-state index contributed by atoms with van der Waals surface area (Å²) in [7, 11) is 0. The molecule has 1 saturated heterocycles. The number of nitrogens with two attached hydrogens (primary N) is 1. The average molecular weight is 258 g/mol.